The molecule has 0 saturated heterocycles. The van der Waals surface area contributed by atoms with Gasteiger partial charge in [0, 0.05) is 10.6 Å². The molecular weight excluding hydrogens is 418 g/mol. The van der Waals surface area contributed by atoms with E-state index in [4.69, 9.17) is 20.8 Å². The molecule has 0 fully saturated rings. The van der Waals surface area contributed by atoms with E-state index in [9.17, 15) is 0 Å². The Kier molecular flexibility index (Phi) is 5.75. The first kappa shape index (κ1) is 18.7. The highest BCUT2D eigenvalue weighted by molar-refractivity contribution is 8.00. The number of nitrogens with zero attached hydrogens (tertiary/aromatic N) is 4. The molecule has 2 aromatic carbocycles. The number of hydrogen-bond acceptors (Lipinski definition) is 9. The van der Waals surface area contributed by atoms with E-state index in [0.717, 1.165) is 21.3 Å². The number of benzene rings is 2. The van der Waals surface area contributed by atoms with Gasteiger partial charge in [-0.05, 0) is 36.4 Å². The summed E-state index contributed by atoms with van der Waals surface area (Å²) in [5.74, 6) is 2.23. The summed E-state index contributed by atoms with van der Waals surface area (Å²) < 4.78 is 11.8. The SMILES string of the molecule is COc1ccccc1Nc1nnc(SCc2nnc(-c3ccc(Cl)cc3)o2)s1. The van der Waals surface area contributed by atoms with Crippen LogP contribution in [0.5, 0.6) is 5.75 Å². The number of rotatable bonds is 7. The normalized spacial score (nSPS) is 10.8. The number of thioether (sulfide) groups is 1. The molecule has 0 bridgehead atoms. The largest absolute Gasteiger partial charge is 0.495 e. The summed E-state index contributed by atoms with van der Waals surface area (Å²) in [6, 6.07) is 14.9. The van der Waals surface area contributed by atoms with Crippen molar-refractivity contribution in [3.8, 4) is 17.2 Å². The maximum atomic E-state index is 5.90. The highest BCUT2D eigenvalue weighted by Gasteiger charge is 2.12. The number of ether oxygens (including phenoxy) is 1. The van der Waals surface area contributed by atoms with Gasteiger partial charge in [-0.3, -0.25) is 0 Å². The van der Waals surface area contributed by atoms with E-state index in [1.807, 2.05) is 36.4 Å². The number of methoxy groups -OCH3 is 1. The maximum Gasteiger partial charge on any atom is 0.247 e. The first-order valence-corrected chi connectivity index (χ1v) is 10.3. The van der Waals surface area contributed by atoms with Crippen LogP contribution in [0.2, 0.25) is 5.02 Å². The fraction of sp³-hybridized carbons (Fsp3) is 0.111. The molecule has 10 heteroatoms. The van der Waals surface area contributed by atoms with Crippen molar-refractivity contribution in [1.29, 1.82) is 0 Å². The highest BCUT2D eigenvalue weighted by atomic mass is 35.5. The molecule has 0 unspecified atom stereocenters. The lowest BCUT2D eigenvalue weighted by atomic mass is 10.2. The molecule has 4 aromatic rings. The Labute approximate surface area is 174 Å². The molecule has 28 heavy (non-hydrogen) atoms. The molecular formula is C18H14ClN5O2S2. The Balaban J connectivity index is 1.38. The monoisotopic (exact) mass is 431 g/mol. The van der Waals surface area contributed by atoms with E-state index in [0.29, 0.717) is 27.7 Å². The van der Waals surface area contributed by atoms with Crippen LogP contribution in [0.25, 0.3) is 11.5 Å². The molecule has 0 amide bonds. The molecule has 0 aliphatic carbocycles. The van der Waals surface area contributed by atoms with Crippen LogP contribution in [-0.4, -0.2) is 27.5 Å². The molecule has 2 heterocycles. The van der Waals surface area contributed by atoms with Crippen LogP contribution in [0.1, 0.15) is 5.89 Å². The average Bonchev–Trinajstić information content (AvgIpc) is 3.37. The fourth-order valence-corrected chi connectivity index (χ4v) is 4.05. The van der Waals surface area contributed by atoms with Crippen molar-refractivity contribution in [2.45, 2.75) is 10.1 Å². The molecule has 142 valence electrons. The van der Waals surface area contributed by atoms with E-state index in [1.54, 1.807) is 19.2 Å². The number of para-hydroxylation sites is 2. The van der Waals surface area contributed by atoms with Crippen LogP contribution in [0, 0.1) is 0 Å². The molecule has 4 rings (SSSR count). The number of hydrogen-bond donors (Lipinski definition) is 1. The van der Waals surface area contributed by atoms with Gasteiger partial charge < -0.3 is 14.5 Å². The second kappa shape index (κ2) is 8.59. The Hall–Kier alpha value is -2.62. The maximum absolute atomic E-state index is 5.90. The zero-order valence-corrected chi connectivity index (χ0v) is 17.0. The van der Waals surface area contributed by atoms with Crippen molar-refractivity contribution in [1.82, 2.24) is 20.4 Å². The zero-order valence-electron chi connectivity index (χ0n) is 14.6. The van der Waals surface area contributed by atoms with Crippen LogP contribution in [0.3, 0.4) is 0 Å². The smallest absolute Gasteiger partial charge is 0.247 e. The second-order valence-corrected chi connectivity index (χ2v) is 8.13. The van der Waals surface area contributed by atoms with Crippen molar-refractivity contribution in [3.63, 3.8) is 0 Å². The van der Waals surface area contributed by atoms with Crippen molar-refractivity contribution in [2.75, 3.05) is 12.4 Å². The quantitative estimate of drug-likeness (QED) is 0.395. The lowest BCUT2D eigenvalue weighted by molar-refractivity contribution is 0.417. The van der Waals surface area contributed by atoms with Crippen molar-refractivity contribution >= 4 is 45.5 Å². The van der Waals surface area contributed by atoms with Gasteiger partial charge in [0.15, 0.2) is 4.34 Å². The van der Waals surface area contributed by atoms with Gasteiger partial charge in [0.25, 0.3) is 0 Å². The second-order valence-electron chi connectivity index (χ2n) is 5.49. The van der Waals surface area contributed by atoms with Gasteiger partial charge in [-0.25, -0.2) is 0 Å². The van der Waals surface area contributed by atoms with E-state index < -0.39 is 0 Å². The lowest BCUT2D eigenvalue weighted by Crippen LogP contribution is -1.93. The molecule has 1 N–H and O–H groups in total. The zero-order chi connectivity index (χ0) is 19.3. The van der Waals surface area contributed by atoms with Gasteiger partial charge in [0.2, 0.25) is 16.9 Å². The number of nitrogens with one attached hydrogen (secondary N) is 1. The number of aromatic nitrogens is 4. The van der Waals surface area contributed by atoms with Crippen molar-refractivity contribution in [2.24, 2.45) is 0 Å². The van der Waals surface area contributed by atoms with E-state index in [2.05, 4.69) is 25.7 Å². The minimum absolute atomic E-state index is 0.461. The third-order valence-electron chi connectivity index (χ3n) is 3.63. The number of halogens is 1. The average molecular weight is 432 g/mol. The van der Waals surface area contributed by atoms with Crippen molar-refractivity contribution in [3.05, 3.63) is 59.4 Å². The van der Waals surface area contributed by atoms with Gasteiger partial charge in [-0.1, -0.05) is 46.8 Å². The summed E-state index contributed by atoms with van der Waals surface area (Å²) in [5, 5.41) is 21.1. The first-order valence-electron chi connectivity index (χ1n) is 8.16. The van der Waals surface area contributed by atoms with Gasteiger partial charge in [0.05, 0.1) is 18.6 Å². The van der Waals surface area contributed by atoms with Gasteiger partial charge >= 0.3 is 0 Å². The van der Waals surface area contributed by atoms with Crippen LogP contribution in [0.15, 0.2) is 57.3 Å². The van der Waals surface area contributed by atoms with Crippen LogP contribution < -0.4 is 10.1 Å². The summed E-state index contributed by atoms with van der Waals surface area (Å²) in [6.07, 6.45) is 0. The molecule has 0 aliphatic heterocycles. The summed E-state index contributed by atoms with van der Waals surface area (Å²) >= 11 is 8.82. The number of anilines is 2. The lowest BCUT2D eigenvalue weighted by Gasteiger charge is -2.07. The molecule has 0 atom stereocenters. The third-order valence-corrected chi connectivity index (χ3v) is 5.84. The van der Waals surface area contributed by atoms with E-state index in [-0.39, 0.29) is 0 Å². The summed E-state index contributed by atoms with van der Waals surface area (Å²) in [5.41, 5.74) is 1.66. The summed E-state index contributed by atoms with van der Waals surface area (Å²) in [7, 11) is 1.63. The predicted octanol–water partition coefficient (Wildman–Crippen LogP) is 5.29. The highest BCUT2D eigenvalue weighted by Crippen LogP contribution is 2.32. The Morgan fingerprint density at radius 2 is 1.89 bits per heavy atom. The van der Waals surface area contributed by atoms with Crippen LogP contribution >= 0.6 is 34.7 Å². The van der Waals surface area contributed by atoms with E-state index in [1.165, 1.54) is 23.1 Å². The summed E-state index contributed by atoms with van der Waals surface area (Å²) in [4.78, 5) is 0. The van der Waals surface area contributed by atoms with E-state index >= 15 is 0 Å². The van der Waals surface area contributed by atoms with Crippen LogP contribution in [-0.2, 0) is 5.75 Å². The molecule has 0 spiro atoms. The minimum Gasteiger partial charge on any atom is -0.495 e. The molecule has 0 saturated carbocycles. The molecule has 7 nitrogen and oxygen atoms in total. The fourth-order valence-electron chi connectivity index (χ4n) is 2.33. The summed E-state index contributed by atoms with van der Waals surface area (Å²) in [6.45, 7) is 0. The molecule has 0 aliphatic rings. The first-order chi connectivity index (χ1) is 13.7. The van der Waals surface area contributed by atoms with Crippen LogP contribution in [0.4, 0.5) is 10.8 Å². The third kappa shape index (κ3) is 4.44. The minimum atomic E-state index is 0.461. The standard InChI is InChI=1S/C18H14ClN5O2S2/c1-25-14-5-3-2-4-13(14)20-17-23-24-18(28-17)27-10-15-21-22-16(26-15)11-6-8-12(19)9-7-11/h2-9H,10H2,1H3,(H,20,23). The Morgan fingerprint density at radius 1 is 1.07 bits per heavy atom. The molecule has 0 radical (unpaired) electrons. The molecule has 2 aromatic heterocycles. The van der Waals surface area contributed by atoms with Gasteiger partial charge in [-0.2, -0.15) is 0 Å². The Morgan fingerprint density at radius 3 is 2.71 bits per heavy atom. The van der Waals surface area contributed by atoms with Gasteiger partial charge in [-0.15, -0.1) is 20.4 Å². The Bertz CT molecular complexity index is 1070. The topological polar surface area (TPSA) is 86.0 Å². The van der Waals surface area contributed by atoms with Gasteiger partial charge in [0.1, 0.15) is 5.75 Å². The predicted molar refractivity (Wildman–Crippen MR) is 110 cm³/mol. The van der Waals surface area contributed by atoms with Crippen molar-refractivity contribution < 1.29 is 9.15 Å².